The molecule has 3 N–H and O–H groups in total. The molecule has 31 heavy (non-hydrogen) atoms. The van der Waals surface area contributed by atoms with E-state index in [0.29, 0.717) is 24.7 Å². The number of hydrogen-bond acceptors (Lipinski definition) is 5. The van der Waals surface area contributed by atoms with Crippen LogP contribution in [0.2, 0.25) is 5.02 Å². The van der Waals surface area contributed by atoms with Crippen LogP contribution in [-0.4, -0.2) is 56.3 Å². The third kappa shape index (κ3) is 5.30. The molecular weight excluding hydrogens is 425 g/mol. The number of halogens is 2. The minimum absolute atomic E-state index is 0.000562. The first-order valence-corrected chi connectivity index (χ1v) is 11.2. The Labute approximate surface area is 186 Å². The molecule has 0 aromatic heterocycles. The summed E-state index contributed by atoms with van der Waals surface area (Å²) in [6, 6.07) is 3.89. The second kappa shape index (κ2) is 9.71. The van der Waals surface area contributed by atoms with Gasteiger partial charge in [-0.05, 0) is 62.6 Å². The Bertz CT molecular complexity index is 820. The van der Waals surface area contributed by atoms with E-state index in [1.54, 1.807) is 7.11 Å². The first-order chi connectivity index (χ1) is 14.9. The number of nitrogens with one attached hydrogen (secondary N) is 3. The van der Waals surface area contributed by atoms with Crippen LogP contribution in [0.3, 0.4) is 0 Å². The van der Waals surface area contributed by atoms with Crippen molar-refractivity contribution in [3.05, 3.63) is 29.0 Å². The molecule has 1 aliphatic heterocycles. The van der Waals surface area contributed by atoms with Gasteiger partial charge in [0.05, 0.1) is 17.2 Å². The lowest BCUT2D eigenvalue weighted by molar-refractivity contribution is -0.128. The van der Waals surface area contributed by atoms with Gasteiger partial charge >= 0.3 is 0 Å². The smallest absolute Gasteiger partial charge is 0.258 e. The van der Waals surface area contributed by atoms with Crippen molar-refractivity contribution in [1.29, 1.82) is 0 Å². The highest BCUT2D eigenvalue weighted by molar-refractivity contribution is 6.30. The number of carbonyl (C=O) groups is 2. The molecule has 2 bridgehead atoms. The van der Waals surface area contributed by atoms with Crippen molar-refractivity contribution in [1.82, 2.24) is 16.0 Å². The molecule has 0 spiro atoms. The molecule has 7 nitrogen and oxygen atoms in total. The van der Waals surface area contributed by atoms with Gasteiger partial charge in [-0.15, -0.1) is 0 Å². The normalized spacial score (nSPS) is 32.0. The van der Waals surface area contributed by atoms with Gasteiger partial charge in [0.1, 0.15) is 11.6 Å². The molecule has 5 rings (SSSR count). The maximum atomic E-state index is 13.5. The van der Waals surface area contributed by atoms with E-state index in [2.05, 4.69) is 16.0 Å². The summed E-state index contributed by atoms with van der Waals surface area (Å²) >= 11 is 5.66. The molecule has 4 atom stereocenters. The van der Waals surface area contributed by atoms with Gasteiger partial charge in [-0.25, -0.2) is 4.39 Å². The molecule has 1 aromatic carbocycles. The Kier molecular flexibility index (Phi) is 6.99. The van der Waals surface area contributed by atoms with E-state index in [0.717, 1.165) is 31.9 Å². The zero-order valence-corrected chi connectivity index (χ0v) is 18.3. The summed E-state index contributed by atoms with van der Waals surface area (Å²) < 4.78 is 24.3. The quantitative estimate of drug-likeness (QED) is 0.588. The van der Waals surface area contributed by atoms with E-state index < -0.39 is 5.82 Å². The Hall–Kier alpha value is -1.90. The molecule has 4 fully saturated rings. The van der Waals surface area contributed by atoms with Crippen LogP contribution in [0.25, 0.3) is 0 Å². The van der Waals surface area contributed by atoms with Gasteiger partial charge in [0, 0.05) is 25.3 Å². The lowest BCUT2D eigenvalue weighted by Gasteiger charge is -2.51. The number of methoxy groups -OCH3 is 1. The van der Waals surface area contributed by atoms with Crippen LogP contribution in [0, 0.1) is 17.7 Å². The fourth-order valence-electron chi connectivity index (χ4n) is 4.92. The fraction of sp³-hybridized carbons (Fsp3) is 0.636. The number of rotatable bonds is 7. The van der Waals surface area contributed by atoms with Gasteiger partial charge in [0.2, 0.25) is 5.91 Å². The molecular formula is C22H29ClFN3O4. The minimum atomic E-state index is -0.588. The van der Waals surface area contributed by atoms with Crippen molar-refractivity contribution in [2.75, 3.05) is 20.3 Å². The summed E-state index contributed by atoms with van der Waals surface area (Å²) in [5, 5.41) is 9.51. The van der Waals surface area contributed by atoms with E-state index in [4.69, 9.17) is 21.1 Å². The molecule has 1 aromatic rings. The standard InChI is InChI=1S/C22H29ClFN3O4/c1-30-14-4-5-25-20(9-14)22(29)27-19-10-18(12-6-13(19)7-12)26-21(28)11-31-15-2-3-16(23)17(24)8-15/h2-3,8,12-14,18-20,25H,4-7,9-11H2,1H3,(H,26,28)(H,27,29). The van der Waals surface area contributed by atoms with E-state index >= 15 is 0 Å². The summed E-state index contributed by atoms with van der Waals surface area (Å²) in [4.78, 5) is 25.1. The number of piperidine rings is 1. The van der Waals surface area contributed by atoms with Gasteiger partial charge in [-0.3, -0.25) is 9.59 Å². The van der Waals surface area contributed by atoms with Crippen molar-refractivity contribution >= 4 is 23.4 Å². The molecule has 1 saturated heterocycles. The van der Waals surface area contributed by atoms with Crippen molar-refractivity contribution in [2.24, 2.45) is 11.8 Å². The van der Waals surface area contributed by atoms with Crippen molar-refractivity contribution in [3.63, 3.8) is 0 Å². The van der Waals surface area contributed by atoms with Crippen molar-refractivity contribution in [2.45, 2.75) is 56.3 Å². The van der Waals surface area contributed by atoms with E-state index in [1.807, 2.05) is 0 Å². The summed E-state index contributed by atoms with van der Waals surface area (Å²) in [6.45, 7) is 0.568. The zero-order chi connectivity index (χ0) is 22.0. The maximum Gasteiger partial charge on any atom is 0.258 e. The van der Waals surface area contributed by atoms with Crippen LogP contribution < -0.4 is 20.7 Å². The Morgan fingerprint density at radius 2 is 1.90 bits per heavy atom. The largest absolute Gasteiger partial charge is 0.484 e. The minimum Gasteiger partial charge on any atom is -0.484 e. The second-order valence-electron chi connectivity index (χ2n) is 8.77. The van der Waals surface area contributed by atoms with Gasteiger partial charge in [-0.2, -0.15) is 0 Å². The number of amides is 2. The number of carbonyl (C=O) groups excluding carboxylic acids is 2. The van der Waals surface area contributed by atoms with E-state index in [1.165, 1.54) is 12.1 Å². The van der Waals surface area contributed by atoms with Gasteiger partial charge in [0.25, 0.3) is 5.91 Å². The predicted octanol–water partition coefficient (Wildman–Crippen LogP) is 2.02. The maximum absolute atomic E-state index is 13.5. The summed E-state index contributed by atoms with van der Waals surface area (Å²) in [5.41, 5.74) is 0. The summed E-state index contributed by atoms with van der Waals surface area (Å²) in [6.07, 6.45) is 4.40. The third-order valence-electron chi connectivity index (χ3n) is 6.80. The number of benzene rings is 1. The third-order valence-corrected chi connectivity index (χ3v) is 7.10. The number of hydrogen-bond donors (Lipinski definition) is 3. The van der Waals surface area contributed by atoms with Crippen LogP contribution in [0.4, 0.5) is 4.39 Å². The Morgan fingerprint density at radius 1 is 1.16 bits per heavy atom. The molecule has 1 heterocycles. The second-order valence-corrected chi connectivity index (χ2v) is 9.18. The summed E-state index contributed by atoms with van der Waals surface area (Å²) in [7, 11) is 1.68. The van der Waals surface area contributed by atoms with Gasteiger partial charge in [0.15, 0.2) is 6.61 Å². The molecule has 9 heteroatoms. The highest BCUT2D eigenvalue weighted by Crippen LogP contribution is 2.45. The first-order valence-electron chi connectivity index (χ1n) is 10.9. The molecule has 2 amide bonds. The van der Waals surface area contributed by atoms with E-state index in [9.17, 15) is 14.0 Å². The average Bonchev–Trinajstić information content (AvgIpc) is 2.73. The van der Waals surface area contributed by atoms with E-state index in [-0.39, 0.29) is 53.4 Å². The van der Waals surface area contributed by atoms with Crippen molar-refractivity contribution in [3.8, 4) is 5.75 Å². The highest BCUT2D eigenvalue weighted by atomic mass is 35.5. The Morgan fingerprint density at radius 3 is 2.61 bits per heavy atom. The molecule has 3 saturated carbocycles. The molecule has 4 unspecified atom stereocenters. The Balaban J connectivity index is 1.25. The molecule has 3 aliphatic carbocycles. The SMILES string of the molecule is COC1CCNC(C(=O)NC2CC(NC(=O)COc3ccc(Cl)c(F)c3)C3CC2C3)C1. The lowest BCUT2D eigenvalue weighted by atomic mass is 9.60. The number of ether oxygens (including phenoxy) is 2. The van der Waals surface area contributed by atoms with Gasteiger partial charge in [-0.1, -0.05) is 11.6 Å². The first kappa shape index (κ1) is 22.3. The zero-order valence-electron chi connectivity index (χ0n) is 17.5. The van der Waals surface area contributed by atoms with Crippen LogP contribution in [0.1, 0.15) is 32.1 Å². The van der Waals surface area contributed by atoms with Crippen LogP contribution >= 0.6 is 11.6 Å². The lowest BCUT2D eigenvalue weighted by Crippen LogP contribution is -2.62. The average molecular weight is 454 g/mol. The van der Waals surface area contributed by atoms with Crippen molar-refractivity contribution < 1.29 is 23.5 Å². The topological polar surface area (TPSA) is 88.7 Å². The monoisotopic (exact) mass is 453 g/mol. The van der Waals surface area contributed by atoms with Crippen LogP contribution in [-0.2, 0) is 14.3 Å². The molecule has 4 aliphatic rings. The molecule has 0 radical (unpaired) electrons. The molecule has 170 valence electrons. The highest BCUT2D eigenvalue weighted by Gasteiger charge is 2.47. The predicted molar refractivity (Wildman–Crippen MR) is 113 cm³/mol. The number of fused-ring (bicyclic) bond motifs is 2. The van der Waals surface area contributed by atoms with Gasteiger partial charge < -0.3 is 25.4 Å². The van der Waals surface area contributed by atoms with Crippen LogP contribution in [0.15, 0.2) is 18.2 Å². The van der Waals surface area contributed by atoms with Crippen LogP contribution in [0.5, 0.6) is 5.75 Å². The summed E-state index contributed by atoms with van der Waals surface area (Å²) in [5.74, 6) is 0.319. The fourth-order valence-corrected chi connectivity index (χ4v) is 5.04.